The second-order valence-corrected chi connectivity index (χ2v) is 4.55. The summed E-state index contributed by atoms with van der Waals surface area (Å²) in [5, 5.41) is 10.8. The zero-order valence-corrected chi connectivity index (χ0v) is 11.6. The molecular formula is C16H15NO4. The van der Waals surface area contributed by atoms with E-state index in [-0.39, 0.29) is 24.5 Å². The molecule has 0 N–H and O–H groups in total. The number of carbonyl (C=O) groups is 1. The molecule has 0 bridgehead atoms. The normalized spacial score (nSPS) is 10.1. The van der Waals surface area contributed by atoms with Gasteiger partial charge in [0.15, 0.2) is 5.78 Å². The topological polar surface area (TPSA) is 69.4 Å². The summed E-state index contributed by atoms with van der Waals surface area (Å²) in [7, 11) is 0. The van der Waals surface area contributed by atoms with Gasteiger partial charge < -0.3 is 4.74 Å². The highest BCUT2D eigenvalue weighted by molar-refractivity contribution is 5.96. The lowest BCUT2D eigenvalue weighted by atomic mass is 10.1. The van der Waals surface area contributed by atoms with Crippen LogP contribution in [-0.4, -0.2) is 17.3 Å². The number of ether oxygens (including phenoxy) is 1. The fourth-order valence-electron chi connectivity index (χ4n) is 1.98. The van der Waals surface area contributed by atoms with Crippen LogP contribution in [0.2, 0.25) is 0 Å². The summed E-state index contributed by atoms with van der Waals surface area (Å²) in [4.78, 5) is 22.3. The molecule has 0 atom stereocenters. The minimum Gasteiger partial charge on any atom is -0.493 e. The van der Waals surface area contributed by atoms with Gasteiger partial charge in [0, 0.05) is 18.1 Å². The number of nitro groups is 1. The van der Waals surface area contributed by atoms with Gasteiger partial charge in [-0.05, 0) is 13.0 Å². The third-order valence-corrected chi connectivity index (χ3v) is 3.13. The van der Waals surface area contributed by atoms with Crippen LogP contribution in [0.1, 0.15) is 22.3 Å². The Bertz CT molecular complexity index is 653. The molecule has 21 heavy (non-hydrogen) atoms. The maximum Gasteiger partial charge on any atom is 0.276 e. The Balaban J connectivity index is 1.97. The smallest absolute Gasteiger partial charge is 0.276 e. The van der Waals surface area contributed by atoms with Crippen molar-refractivity contribution in [3.05, 3.63) is 69.8 Å². The predicted octanol–water partition coefficient (Wildman–Crippen LogP) is 3.56. The summed E-state index contributed by atoms with van der Waals surface area (Å²) < 4.78 is 5.49. The molecule has 2 aromatic rings. The van der Waals surface area contributed by atoms with E-state index >= 15 is 0 Å². The van der Waals surface area contributed by atoms with Crippen LogP contribution in [0.4, 0.5) is 5.69 Å². The van der Waals surface area contributed by atoms with Gasteiger partial charge in [-0.15, -0.1) is 0 Å². The Hall–Kier alpha value is -2.69. The fraction of sp³-hybridized carbons (Fsp3) is 0.188. The third-order valence-electron chi connectivity index (χ3n) is 3.13. The van der Waals surface area contributed by atoms with Crippen molar-refractivity contribution in [3.8, 4) is 5.75 Å². The van der Waals surface area contributed by atoms with Crippen LogP contribution in [0.15, 0.2) is 48.5 Å². The number of benzene rings is 2. The lowest BCUT2D eigenvalue weighted by molar-refractivity contribution is -0.385. The van der Waals surface area contributed by atoms with E-state index in [1.54, 1.807) is 43.3 Å². The van der Waals surface area contributed by atoms with Gasteiger partial charge in [0.25, 0.3) is 5.69 Å². The van der Waals surface area contributed by atoms with E-state index in [4.69, 9.17) is 4.74 Å². The molecule has 0 aromatic heterocycles. The second-order valence-electron chi connectivity index (χ2n) is 4.55. The van der Waals surface area contributed by atoms with E-state index in [9.17, 15) is 14.9 Å². The van der Waals surface area contributed by atoms with E-state index < -0.39 is 4.92 Å². The second kappa shape index (κ2) is 6.65. The van der Waals surface area contributed by atoms with Crippen LogP contribution in [0.5, 0.6) is 5.75 Å². The molecule has 0 spiro atoms. The number of hydrogen-bond donors (Lipinski definition) is 0. The van der Waals surface area contributed by atoms with Gasteiger partial charge in [-0.25, -0.2) is 0 Å². The first-order valence-corrected chi connectivity index (χ1v) is 6.54. The average Bonchev–Trinajstić information content (AvgIpc) is 2.49. The summed E-state index contributed by atoms with van der Waals surface area (Å²) >= 11 is 0. The van der Waals surface area contributed by atoms with Gasteiger partial charge in [0.2, 0.25) is 0 Å². The maximum atomic E-state index is 11.9. The Labute approximate surface area is 122 Å². The molecule has 0 saturated carbocycles. The SMILES string of the molecule is Cc1c(OCCC(=O)c2ccccc2)cccc1[N+](=O)[O-]. The molecule has 0 aliphatic heterocycles. The fourth-order valence-corrected chi connectivity index (χ4v) is 1.98. The quantitative estimate of drug-likeness (QED) is 0.462. The van der Waals surface area contributed by atoms with E-state index in [2.05, 4.69) is 0 Å². The van der Waals surface area contributed by atoms with Crippen molar-refractivity contribution in [1.82, 2.24) is 0 Å². The molecular weight excluding hydrogens is 270 g/mol. The van der Waals surface area contributed by atoms with Crippen molar-refractivity contribution >= 4 is 11.5 Å². The number of hydrogen-bond acceptors (Lipinski definition) is 4. The summed E-state index contributed by atoms with van der Waals surface area (Å²) in [6.07, 6.45) is 0.228. The van der Waals surface area contributed by atoms with Crippen LogP contribution in [-0.2, 0) is 0 Å². The number of ketones is 1. The molecule has 0 saturated heterocycles. The van der Waals surface area contributed by atoms with E-state index in [0.29, 0.717) is 16.9 Å². The van der Waals surface area contributed by atoms with Crippen LogP contribution in [0.25, 0.3) is 0 Å². The molecule has 5 nitrogen and oxygen atoms in total. The van der Waals surface area contributed by atoms with E-state index in [0.717, 1.165) is 0 Å². The van der Waals surface area contributed by atoms with Gasteiger partial charge in [0.1, 0.15) is 5.75 Å². The van der Waals surface area contributed by atoms with Crippen molar-refractivity contribution < 1.29 is 14.5 Å². The molecule has 0 unspecified atom stereocenters. The first-order chi connectivity index (χ1) is 10.1. The minimum absolute atomic E-state index is 0.0151. The molecule has 0 amide bonds. The Morgan fingerprint density at radius 2 is 1.86 bits per heavy atom. The summed E-state index contributed by atoms with van der Waals surface area (Å²) in [5.41, 5.74) is 1.12. The minimum atomic E-state index is -0.447. The number of nitrogens with zero attached hydrogens (tertiary/aromatic N) is 1. The van der Waals surface area contributed by atoms with Crippen molar-refractivity contribution in [1.29, 1.82) is 0 Å². The molecule has 0 fully saturated rings. The summed E-state index contributed by atoms with van der Waals surface area (Å²) in [5.74, 6) is 0.420. The number of Topliss-reactive ketones (excluding diaryl/α,β-unsaturated/α-hetero) is 1. The molecule has 0 aliphatic carbocycles. The van der Waals surface area contributed by atoms with Crippen molar-refractivity contribution in [3.63, 3.8) is 0 Å². The van der Waals surface area contributed by atoms with Crippen LogP contribution >= 0.6 is 0 Å². The molecule has 108 valence electrons. The third kappa shape index (κ3) is 3.66. The molecule has 0 aliphatic rings. The molecule has 0 heterocycles. The highest BCUT2D eigenvalue weighted by Crippen LogP contribution is 2.27. The Kier molecular flexibility index (Phi) is 4.66. The highest BCUT2D eigenvalue weighted by Gasteiger charge is 2.14. The first kappa shape index (κ1) is 14.7. The van der Waals surface area contributed by atoms with Crippen LogP contribution in [0, 0.1) is 17.0 Å². The highest BCUT2D eigenvalue weighted by atomic mass is 16.6. The van der Waals surface area contributed by atoms with Gasteiger partial charge in [-0.2, -0.15) is 0 Å². The van der Waals surface area contributed by atoms with Crippen molar-refractivity contribution in [2.45, 2.75) is 13.3 Å². The Morgan fingerprint density at radius 1 is 1.14 bits per heavy atom. The van der Waals surface area contributed by atoms with Crippen LogP contribution in [0.3, 0.4) is 0 Å². The Morgan fingerprint density at radius 3 is 2.52 bits per heavy atom. The van der Waals surface area contributed by atoms with Crippen LogP contribution < -0.4 is 4.74 Å². The molecule has 0 radical (unpaired) electrons. The van der Waals surface area contributed by atoms with Crippen molar-refractivity contribution in [2.24, 2.45) is 0 Å². The molecule has 2 rings (SSSR count). The average molecular weight is 285 g/mol. The zero-order chi connectivity index (χ0) is 15.2. The van der Waals surface area contributed by atoms with Crippen molar-refractivity contribution in [2.75, 3.05) is 6.61 Å². The van der Waals surface area contributed by atoms with Gasteiger partial charge in [-0.3, -0.25) is 14.9 Å². The monoisotopic (exact) mass is 285 g/mol. The summed E-state index contributed by atoms with van der Waals surface area (Å²) in [6.45, 7) is 1.82. The predicted molar refractivity (Wildman–Crippen MR) is 78.7 cm³/mol. The standard InChI is InChI=1S/C16H15NO4/c1-12-14(17(19)20)8-5-9-16(12)21-11-10-15(18)13-6-3-2-4-7-13/h2-9H,10-11H2,1H3. The lowest BCUT2D eigenvalue weighted by Crippen LogP contribution is -2.07. The van der Waals surface area contributed by atoms with Gasteiger partial charge in [0.05, 0.1) is 17.1 Å². The number of carbonyl (C=O) groups excluding carboxylic acids is 1. The lowest BCUT2D eigenvalue weighted by Gasteiger charge is -2.08. The largest absolute Gasteiger partial charge is 0.493 e. The van der Waals surface area contributed by atoms with Gasteiger partial charge >= 0.3 is 0 Å². The maximum absolute atomic E-state index is 11.9. The molecule has 2 aromatic carbocycles. The van der Waals surface area contributed by atoms with E-state index in [1.165, 1.54) is 6.07 Å². The zero-order valence-electron chi connectivity index (χ0n) is 11.6. The first-order valence-electron chi connectivity index (χ1n) is 6.54. The number of nitro benzene ring substituents is 1. The molecule has 5 heteroatoms. The summed E-state index contributed by atoms with van der Waals surface area (Å²) in [6, 6.07) is 13.6. The van der Waals surface area contributed by atoms with E-state index in [1.807, 2.05) is 6.07 Å². The number of rotatable bonds is 6. The van der Waals surface area contributed by atoms with Gasteiger partial charge in [-0.1, -0.05) is 36.4 Å².